The van der Waals surface area contributed by atoms with Crippen molar-refractivity contribution >= 4 is 39.3 Å². The van der Waals surface area contributed by atoms with Crippen LogP contribution in [0.3, 0.4) is 0 Å². The quantitative estimate of drug-likeness (QED) is 0.369. The van der Waals surface area contributed by atoms with Crippen LogP contribution in [0, 0.1) is 6.07 Å². The molecule has 2 rings (SSSR count). The lowest BCUT2D eigenvalue weighted by atomic mass is 10.1. The number of alkyl halides is 1. The molecule has 0 aromatic heterocycles. The van der Waals surface area contributed by atoms with Gasteiger partial charge in [-0.2, -0.15) is 0 Å². The van der Waals surface area contributed by atoms with Gasteiger partial charge in [0.05, 0.1) is 4.43 Å². The molecule has 0 heterocycles. The number of hydrogen-bond donors (Lipinski definition) is 0. The smallest absolute Gasteiger partial charge is 0.321 e. The first kappa shape index (κ1) is 10.4. The number of rotatable bonds is 2. The lowest BCUT2D eigenvalue weighted by Crippen LogP contribution is -2.08. The van der Waals surface area contributed by atoms with Gasteiger partial charge in [-0.25, -0.2) is 0 Å². The van der Waals surface area contributed by atoms with Crippen molar-refractivity contribution in [3.63, 3.8) is 0 Å². The Morgan fingerprint density at radius 2 is 2.07 bits per heavy atom. The molecule has 75 valence electrons. The number of ether oxygens (including phenoxy) is 1. The van der Waals surface area contributed by atoms with Crippen LogP contribution in [0.15, 0.2) is 36.4 Å². The molecule has 0 aliphatic carbocycles. The Morgan fingerprint density at radius 3 is 2.87 bits per heavy atom. The van der Waals surface area contributed by atoms with Crippen LogP contribution in [0.25, 0.3) is 10.8 Å². The Hall–Kier alpha value is -1.10. The van der Waals surface area contributed by atoms with Gasteiger partial charge in [0.1, 0.15) is 5.75 Å². The second kappa shape index (κ2) is 4.61. The summed E-state index contributed by atoms with van der Waals surface area (Å²) < 4.78 is 5.42. The third-order valence-electron chi connectivity index (χ3n) is 1.97. The highest BCUT2D eigenvalue weighted by Gasteiger charge is 2.03. The predicted molar refractivity (Wildman–Crippen MR) is 67.3 cm³/mol. The van der Waals surface area contributed by atoms with E-state index < -0.39 is 0 Å². The van der Waals surface area contributed by atoms with Crippen LogP contribution in [-0.2, 0) is 4.79 Å². The topological polar surface area (TPSA) is 26.3 Å². The van der Waals surface area contributed by atoms with Gasteiger partial charge in [0.2, 0.25) is 0 Å². The van der Waals surface area contributed by atoms with E-state index in [-0.39, 0.29) is 5.97 Å². The van der Waals surface area contributed by atoms with Crippen molar-refractivity contribution in [1.29, 1.82) is 0 Å². The fourth-order valence-electron chi connectivity index (χ4n) is 1.31. The maximum absolute atomic E-state index is 11.1. The summed E-state index contributed by atoms with van der Waals surface area (Å²) in [7, 11) is 0. The van der Waals surface area contributed by atoms with Gasteiger partial charge >= 0.3 is 5.97 Å². The molecule has 0 spiro atoms. The number of carbonyl (C=O) groups is 1. The summed E-state index contributed by atoms with van der Waals surface area (Å²) in [5, 5.41) is 2.04. The van der Waals surface area contributed by atoms with E-state index in [0.717, 1.165) is 10.8 Å². The first-order valence-electron chi connectivity index (χ1n) is 4.47. The summed E-state index contributed by atoms with van der Waals surface area (Å²) >= 11 is 1.97. The van der Waals surface area contributed by atoms with E-state index in [1.165, 1.54) is 0 Å². The SMILES string of the molecule is O=C(CI)Oc1[c]c2ccccc2cc1. The number of esters is 1. The second-order valence-corrected chi connectivity index (χ2v) is 3.78. The molecule has 0 unspecified atom stereocenters. The maximum Gasteiger partial charge on any atom is 0.321 e. The van der Waals surface area contributed by atoms with Crippen LogP contribution in [0.2, 0.25) is 0 Å². The molecule has 2 aromatic carbocycles. The van der Waals surface area contributed by atoms with Gasteiger partial charge in [-0.15, -0.1) is 0 Å². The Bertz CT molecular complexity index is 494. The fourth-order valence-corrected chi connectivity index (χ4v) is 1.46. The number of benzene rings is 2. The number of carbonyl (C=O) groups excluding carboxylic acids is 1. The maximum atomic E-state index is 11.1. The Kier molecular flexibility index (Phi) is 3.20. The average Bonchev–Trinajstić information content (AvgIpc) is 2.29. The lowest BCUT2D eigenvalue weighted by molar-refractivity contribution is -0.131. The molecule has 3 heteroatoms. The van der Waals surface area contributed by atoms with Gasteiger partial charge in [-0.3, -0.25) is 4.79 Å². The minimum atomic E-state index is -0.248. The first-order chi connectivity index (χ1) is 7.29. The summed E-state index contributed by atoms with van der Waals surface area (Å²) in [4.78, 5) is 11.1. The van der Waals surface area contributed by atoms with E-state index in [0.29, 0.717) is 10.2 Å². The van der Waals surface area contributed by atoms with Gasteiger partial charge in [0.25, 0.3) is 0 Å². The molecule has 0 saturated carbocycles. The number of hydrogen-bond acceptors (Lipinski definition) is 2. The third kappa shape index (κ3) is 2.47. The Balaban J connectivity index is 2.34. The summed E-state index contributed by atoms with van der Waals surface area (Å²) in [5.74, 6) is 0.234. The average molecular weight is 311 g/mol. The number of fused-ring (bicyclic) bond motifs is 1. The third-order valence-corrected chi connectivity index (χ3v) is 2.59. The zero-order valence-corrected chi connectivity index (χ0v) is 10.0. The molecule has 0 saturated heterocycles. The highest BCUT2D eigenvalue weighted by molar-refractivity contribution is 14.1. The summed E-state index contributed by atoms with van der Waals surface area (Å²) in [6.07, 6.45) is 0. The van der Waals surface area contributed by atoms with Gasteiger partial charge in [-0.05, 0) is 16.8 Å². The molecular weight excluding hydrogens is 303 g/mol. The summed E-state index contributed by atoms with van der Waals surface area (Å²) in [6, 6.07) is 14.6. The van der Waals surface area contributed by atoms with Crippen LogP contribution in [0.1, 0.15) is 0 Å². The molecule has 0 aliphatic heterocycles. The molecule has 0 atom stereocenters. The molecular formula is C12H8IO2. The van der Waals surface area contributed by atoms with Gasteiger partial charge in [-0.1, -0.05) is 52.9 Å². The van der Waals surface area contributed by atoms with Crippen LogP contribution in [-0.4, -0.2) is 10.4 Å². The Morgan fingerprint density at radius 1 is 1.27 bits per heavy atom. The zero-order chi connectivity index (χ0) is 10.7. The van der Waals surface area contributed by atoms with Crippen molar-refractivity contribution < 1.29 is 9.53 Å². The lowest BCUT2D eigenvalue weighted by Gasteiger charge is -2.02. The minimum Gasteiger partial charge on any atom is -0.425 e. The van der Waals surface area contributed by atoms with E-state index in [1.807, 2.05) is 52.9 Å². The second-order valence-electron chi connectivity index (χ2n) is 3.02. The van der Waals surface area contributed by atoms with E-state index in [4.69, 9.17) is 4.74 Å². The molecule has 15 heavy (non-hydrogen) atoms. The van der Waals surface area contributed by atoms with Crippen LogP contribution in [0.5, 0.6) is 5.75 Å². The predicted octanol–water partition coefficient (Wildman–Crippen LogP) is 2.98. The van der Waals surface area contributed by atoms with Crippen LogP contribution in [0.4, 0.5) is 0 Å². The highest BCUT2D eigenvalue weighted by atomic mass is 127. The minimum absolute atomic E-state index is 0.248. The molecule has 2 nitrogen and oxygen atoms in total. The standard InChI is InChI=1S/C12H8IO2/c13-8-12(14)15-11-6-5-9-3-1-2-4-10(9)7-11/h1-6H,8H2. The fraction of sp³-hybridized carbons (Fsp3) is 0.0833. The summed E-state index contributed by atoms with van der Waals surface area (Å²) in [5.41, 5.74) is 0. The van der Waals surface area contributed by atoms with Gasteiger partial charge in [0, 0.05) is 6.07 Å². The molecule has 0 aliphatic rings. The molecule has 1 radical (unpaired) electrons. The van der Waals surface area contributed by atoms with Gasteiger partial charge in [0.15, 0.2) is 0 Å². The van der Waals surface area contributed by atoms with Gasteiger partial charge < -0.3 is 4.74 Å². The monoisotopic (exact) mass is 311 g/mol. The van der Waals surface area contributed by atoms with E-state index in [2.05, 4.69) is 6.07 Å². The van der Waals surface area contributed by atoms with Crippen molar-refractivity contribution in [3.05, 3.63) is 42.5 Å². The normalized spacial score (nSPS) is 10.2. The Labute approximate surface area is 101 Å². The van der Waals surface area contributed by atoms with Crippen molar-refractivity contribution in [2.75, 3.05) is 4.43 Å². The molecule has 2 aromatic rings. The van der Waals surface area contributed by atoms with Crippen molar-refractivity contribution in [2.45, 2.75) is 0 Å². The van der Waals surface area contributed by atoms with Crippen LogP contribution >= 0.6 is 22.6 Å². The molecule has 0 N–H and O–H groups in total. The highest BCUT2D eigenvalue weighted by Crippen LogP contribution is 2.19. The van der Waals surface area contributed by atoms with Crippen molar-refractivity contribution in [2.24, 2.45) is 0 Å². The molecule has 0 bridgehead atoms. The van der Waals surface area contributed by atoms with E-state index in [1.54, 1.807) is 6.07 Å². The van der Waals surface area contributed by atoms with E-state index in [9.17, 15) is 4.79 Å². The summed E-state index contributed by atoms with van der Waals surface area (Å²) in [6.45, 7) is 0. The molecule has 0 fully saturated rings. The largest absolute Gasteiger partial charge is 0.425 e. The molecule has 0 amide bonds. The number of halogens is 1. The first-order valence-corrected chi connectivity index (χ1v) is 6.00. The van der Waals surface area contributed by atoms with Crippen molar-refractivity contribution in [1.82, 2.24) is 0 Å². The zero-order valence-electron chi connectivity index (χ0n) is 7.87. The van der Waals surface area contributed by atoms with E-state index >= 15 is 0 Å². The van der Waals surface area contributed by atoms with Crippen LogP contribution < -0.4 is 4.74 Å². The van der Waals surface area contributed by atoms with Crippen molar-refractivity contribution in [3.8, 4) is 5.75 Å².